The van der Waals surface area contributed by atoms with E-state index in [4.69, 9.17) is 11.6 Å². The number of rotatable bonds is 7. The Morgan fingerprint density at radius 3 is 2.30 bits per heavy atom. The highest BCUT2D eigenvalue weighted by Gasteiger charge is 2.21. The molecule has 0 fully saturated rings. The van der Waals surface area contributed by atoms with E-state index in [0.717, 1.165) is 16.6 Å². The summed E-state index contributed by atoms with van der Waals surface area (Å²) in [6.45, 7) is 0.830. The lowest BCUT2D eigenvalue weighted by Gasteiger charge is -2.13. The van der Waals surface area contributed by atoms with E-state index in [2.05, 4.69) is 5.32 Å². The van der Waals surface area contributed by atoms with Crippen molar-refractivity contribution in [3.8, 4) is 0 Å². The molecule has 0 bridgehead atoms. The Morgan fingerprint density at radius 1 is 0.939 bits per heavy atom. The van der Waals surface area contributed by atoms with Gasteiger partial charge < -0.3 is 9.88 Å². The van der Waals surface area contributed by atoms with E-state index in [9.17, 15) is 13.2 Å². The Morgan fingerprint density at radius 2 is 1.64 bits per heavy atom. The third kappa shape index (κ3) is 4.95. The van der Waals surface area contributed by atoms with Crippen LogP contribution in [0.2, 0.25) is 5.02 Å². The summed E-state index contributed by atoms with van der Waals surface area (Å²) in [4.78, 5) is 13.4. The van der Waals surface area contributed by atoms with Crippen molar-refractivity contribution in [3.05, 3.63) is 101 Å². The van der Waals surface area contributed by atoms with Crippen LogP contribution >= 0.6 is 11.6 Å². The molecule has 0 saturated heterocycles. The van der Waals surface area contributed by atoms with Gasteiger partial charge in [-0.2, -0.15) is 0 Å². The molecule has 0 atom stereocenters. The number of nitrogens with zero attached hydrogens (tertiary/aromatic N) is 2. The van der Waals surface area contributed by atoms with Gasteiger partial charge in [0.15, 0.2) is 0 Å². The van der Waals surface area contributed by atoms with Crippen molar-refractivity contribution in [2.75, 3.05) is 14.1 Å². The number of benzene rings is 3. The molecule has 0 saturated carbocycles. The lowest BCUT2D eigenvalue weighted by atomic mass is 10.2. The molecule has 1 amide bonds. The van der Waals surface area contributed by atoms with E-state index in [0.29, 0.717) is 29.2 Å². The molecule has 3 aromatic carbocycles. The van der Waals surface area contributed by atoms with Gasteiger partial charge in [-0.25, -0.2) is 12.7 Å². The largest absolute Gasteiger partial charge is 0.347 e. The molecule has 0 unspecified atom stereocenters. The van der Waals surface area contributed by atoms with Gasteiger partial charge in [0.2, 0.25) is 10.0 Å². The predicted molar refractivity (Wildman–Crippen MR) is 131 cm³/mol. The molecule has 170 valence electrons. The maximum absolute atomic E-state index is 13.2. The van der Waals surface area contributed by atoms with Crippen LogP contribution in [0.25, 0.3) is 10.9 Å². The first-order valence-electron chi connectivity index (χ1n) is 10.4. The molecule has 4 aromatic rings. The van der Waals surface area contributed by atoms with E-state index >= 15 is 0 Å². The Hall–Kier alpha value is -3.13. The Bertz CT molecular complexity index is 1400. The summed E-state index contributed by atoms with van der Waals surface area (Å²) in [5, 5.41) is 4.28. The minimum absolute atomic E-state index is 0.185. The zero-order chi connectivity index (χ0) is 23.6. The summed E-state index contributed by atoms with van der Waals surface area (Å²) in [6, 6.07) is 23.8. The third-order valence-corrected chi connectivity index (χ3v) is 7.50. The predicted octanol–water partition coefficient (Wildman–Crippen LogP) is 4.52. The normalized spacial score (nSPS) is 11.8. The van der Waals surface area contributed by atoms with Crippen LogP contribution in [0.1, 0.15) is 21.6 Å². The standard InChI is InChI=1S/C25H24ClN3O3S/c1-28(2)33(31,32)22-12-13-23-20(14-22)15-24(29(23)17-19-6-4-3-5-7-19)25(30)27-16-18-8-10-21(26)11-9-18/h3-15H,16-17H2,1-2H3,(H,27,30). The summed E-state index contributed by atoms with van der Waals surface area (Å²) >= 11 is 5.94. The second-order valence-electron chi connectivity index (χ2n) is 7.92. The summed E-state index contributed by atoms with van der Waals surface area (Å²) in [6.07, 6.45) is 0. The zero-order valence-electron chi connectivity index (χ0n) is 18.3. The molecule has 1 aromatic heterocycles. The van der Waals surface area contributed by atoms with Crippen LogP contribution in [0.3, 0.4) is 0 Å². The minimum Gasteiger partial charge on any atom is -0.347 e. The van der Waals surface area contributed by atoms with Gasteiger partial charge in [0.25, 0.3) is 5.91 Å². The fraction of sp³-hybridized carbons (Fsp3) is 0.160. The van der Waals surface area contributed by atoms with Gasteiger partial charge in [0.1, 0.15) is 5.69 Å². The minimum atomic E-state index is -3.59. The number of nitrogens with one attached hydrogen (secondary N) is 1. The number of hydrogen-bond donors (Lipinski definition) is 1. The lowest BCUT2D eigenvalue weighted by molar-refractivity contribution is 0.0942. The van der Waals surface area contributed by atoms with Crippen molar-refractivity contribution in [3.63, 3.8) is 0 Å². The average Bonchev–Trinajstić information content (AvgIpc) is 3.16. The summed E-state index contributed by atoms with van der Waals surface area (Å²) in [7, 11) is -0.597. The van der Waals surface area contributed by atoms with Crippen LogP contribution in [0, 0.1) is 0 Å². The van der Waals surface area contributed by atoms with E-state index in [-0.39, 0.29) is 10.8 Å². The van der Waals surface area contributed by atoms with Crippen LogP contribution in [-0.4, -0.2) is 37.3 Å². The number of fused-ring (bicyclic) bond motifs is 1. The Kier molecular flexibility index (Phi) is 6.56. The van der Waals surface area contributed by atoms with Gasteiger partial charge >= 0.3 is 0 Å². The van der Waals surface area contributed by atoms with Crippen molar-refractivity contribution in [2.24, 2.45) is 0 Å². The molecule has 0 aliphatic rings. The first-order valence-corrected chi connectivity index (χ1v) is 12.2. The molecule has 0 spiro atoms. The van der Waals surface area contributed by atoms with Crippen molar-refractivity contribution in [1.82, 2.24) is 14.2 Å². The van der Waals surface area contributed by atoms with Gasteiger partial charge in [0, 0.05) is 43.1 Å². The summed E-state index contributed by atoms with van der Waals surface area (Å²) in [5.41, 5.74) is 3.21. The molecular weight excluding hydrogens is 458 g/mol. The molecule has 8 heteroatoms. The first-order chi connectivity index (χ1) is 15.8. The zero-order valence-corrected chi connectivity index (χ0v) is 19.9. The molecule has 0 aliphatic carbocycles. The number of hydrogen-bond acceptors (Lipinski definition) is 3. The monoisotopic (exact) mass is 481 g/mol. The van der Waals surface area contributed by atoms with Crippen LogP contribution in [0.4, 0.5) is 0 Å². The third-order valence-electron chi connectivity index (χ3n) is 5.43. The van der Waals surface area contributed by atoms with E-state index in [1.54, 1.807) is 36.4 Å². The fourth-order valence-corrected chi connectivity index (χ4v) is 4.68. The SMILES string of the molecule is CN(C)S(=O)(=O)c1ccc2c(c1)cc(C(=O)NCc1ccc(Cl)cc1)n2Cc1ccccc1. The maximum atomic E-state index is 13.2. The Labute approximate surface area is 198 Å². The number of amides is 1. The van der Waals surface area contributed by atoms with Crippen molar-refractivity contribution in [2.45, 2.75) is 18.0 Å². The number of carbonyl (C=O) groups excluding carboxylic acids is 1. The number of carbonyl (C=O) groups is 1. The topological polar surface area (TPSA) is 71.4 Å². The van der Waals surface area contributed by atoms with Gasteiger partial charge in [-0.1, -0.05) is 54.1 Å². The number of sulfonamides is 1. The van der Waals surface area contributed by atoms with Gasteiger partial charge in [-0.05, 0) is 47.5 Å². The highest BCUT2D eigenvalue weighted by Crippen LogP contribution is 2.26. The van der Waals surface area contributed by atoms with Crippen LogP contribution < -0.4 is 5.32 Å². The summed E-state index contributed by atoms with van der Waals surface area (Å²) in [5.74, 6) is -0.242. The highest BCUT2D eigenvalue weighted by molar-refractivity contribution is 7.89. The van der Waals surface area contributed by atoms with E-state index < -0.39 is 10.0 Å². The van der Waals surface area contributed by atoms with E-state index in [1.807, 2.05) is 47.0 Å². The van der Waals surface area contributed by atoms with Crippen LogP contribution in [0.15, 0.2) is 83.8 Å². The molecule has 0 aliphatic heterocycles. The lowest BCUT2D eigenvalue weighted by Crippen LogP contribution is -2.25. The van der Waals surface area contributed by atoms with Crippen LogP contribution in [-0.2, 0) is 23.1 Å². The maximum Gasteiger partial charge on any atom is 0.268 e. The second kappa shape index (κ2) is 9.39. The van der Waals surface area contributed by atoms with Gasteiger partial charge in [0.05, 0.1) is 4.90 Å². The number of halogens is 1. The van der Waals surface area contributed by atoms with Crippen molar-refractivity contribution >= 4 is 38.4 Å². The second-order valence-corrected chi connectivity index (χ2v) is 10.5. The molecule has 1 heterocycles. The molecular formula is C25H24ClN3O3S. The van der Waals surface area contributed by atoms with Gasteiger partial charge in [-0.3, -0.25) is 4.79 Å². The van der Waals surface area contributed by atoms with Gasteiger partial charge in [-0.15, -0.1) is 0 Å². The smallest absolute Gasteiger partial charge is 0.268 e. The fourth-order valence-electron chi connectivity index (χ4n) is 3.62. The van der Waals surface area contributed by atoms with Crippen molar-refractivity contribution < 1.29 is 13.2 Å². The molecule has 1 N–H and O–H groups in total. The number of aromatic nitrogens is 1. The molecule has 33 heavy (non-hydrogen) atoms. The Balaban J connectivity index is 1.73. The summed E-state index contributed by atoms with van der Waals surface area (Å²) < 4.78 is 28.3. The highest BCUT2D eigenvalue weighted by atomic mass is 35.5. The van der Waals surface area contributed by atoms with Crippen molar-refractivity contribution in [1.29, 1.82) is 0 Å². The first kappa shape index (κ1) is 23.0. The quantitative estimate of drug-likeness (QED) is 0.421. The molecule has 4 rings (SSSR count). The van der Waals surface area contributed by atoms with E-state index in [1.165, 1.54) is 18.4 Å². The molecule has 6 nitrogen and oxygen atoms in total. The molecule has 0 radical (unpaired) electrons. The average molecular weight is 482 g/mol. The van der Waals surface area contributed by atoms with Crippen LogP contribution in [0.5, 0.6) is 0 Å².